The lowest BCUT2D eigenvalue weighted by Crippen LogP contribution is -2.97. The highest BCUT2D eigenvalue weighted by Gasteiger charge is 2.62. The zero-order valence-corrected chi connectivity index (χ0v) is 50.3. The number of hydrogen-bond acceptors (Lipinski definition) is 3. The van der Waals surface area contributed by atoms with E-state index < -0.39 is 186 Å². The summed E-state index contributed by atoms with van der Waals surface area (Å²) in [5.74, 6) is 0. The molecule has 3 aromatic rings. The van der Waals surface area contributed by atoms with Gasteiger partial charge in [-0.1, -0.05) is 60.7 Å². The lowest BCUT2D eigenvalue weighted by Gasteiger charge is -2.58. The van der Waals surface area contributed by atoms with Crippen molar-refractivity contribution in [3.8, 4) is 22.4 Å². The Morgan fingerprint density at radius 1 is 0.337 bits per heavy atom. The van der Waals surface area contributed by atoms with E-state index in [0.29, 0.717) is 0 Å². The Morgan fingerprint density at radius 3 is 0.826 bits per heavy atom. The third kappa shape index (κ3) is 20.7. The zero-order valence-electron chi connectivity index (χ0n) is 50.3. The maximum Gasteiger partial charge on any atom is 0.497 e. The maximum atomic E-state index is 7.01. The summed E-state index contributed by atoms with van der Waals surface area (Å²) in [6.07, 6.45) is -37.1. The Kier molecular flexibility index (Phi) is 34.6. The van der Waals surface area contributed by atoms with Crippen LogP contribution in [0.2, 0.25) is 0 Å². The van der Waals surface area contributed by atoms with Crippen molar-refractivity contribution in [2.45, 2.75) is 38.9 Å². The van der Waals surface area contributed by atoms with Gasteiger partial charge in [-0.2, -0.15) is 0 Å². The summed E-state index contributed by atoms with van der Waals surface area (Å²) >= 11 is 0. The van der Waals surface area contributed by atoms with Gasteiger partial charge in [0.2, 0.25) is 0 Å². The summed E-state index contributed by atoms with van der Waals surface area (Å²) in [4.78, 5) is 4.72. The van der Waals surface area contributed by atoms with Gasteiger partial charge in [0, 0.05) is 435 Å². The molecule has 1 aliphatic rings. The van der Waals surface area contributed by atoms with Gasteiger partial charge in [-0.15, -0.1) is 0 Å². The summed E-state index contributed by atoms with van der Waals surface area (Å²) < 4.78 is 12.6. The molecule has 313 valence electrons. The molecule has 0 N–H and O–H groups in total. The molecule has 0 amide bonds. The molecular weight excluding hydrogens is 971 g/mol. The number of aromatic nitrogens is 1. The van der Waals surface area contributed by atoms with Crippen LogP contribution in [-0.2, 0) is 9.31 Å². The fraction of sp³-hybridized carbons (Fsp3) is 0.261. The quantitative estimate of drug-likeness (QED) is 0.0602. The first-order chi connectivity index (χ1) is 39.7. The number of pyridine rings is 1. The Labute approximate surface area is 574 Å². The lowest BCUT2D eigenvalue weighted by atomic mass is 8.23. The van der Waals surface area contributed by atoms with Gasteiger partial charge in [0.15, 0.2) is 0 Å². The fourth-order valence-electron chi connectivity index (χ4n) is 13.4. The second kappa shape index (κ2) is 36.5. The molecular formula is C23H24B60NO2. The van der Waals surface area contributed by atoms with Crippen LogP contribution in [0.15, 0.2) is 72.9 Å². The predicted molar refractivity (Wildman–Crippen MR) is 450 cm³/mol. The topological polar surface area (TPSA) is 31.4 Å². The van der Waals surface area contributed by atoms with Crippen molar-refractivity contribution < 1.29 is 9.31 Å². The van der Waals surface area contributed by atoms with Crippen LogP contribution in [-0.4, -0.2) is 441 Å². The smallest absolute Gasteiger partial charge is 0.399 e. The van der Waals surface area contributed by atoms with Crippen molar-refractivity contribution in [1.29, 1.82) is 0 Å². The van der Waals surface area contributed by atoms with E-state index >= 15 is 0 Å². The minimum absolute atomic E-state index is 0.385. The van der Waals surface area contributed by atoms with Crippen molar-refractivity contribution in [2.24, 2.45) is 0 Å². The van der Waals surface area contributed by atoms with Crippen LogP contribution >= 0.6 is 0 Å². The third-order valence-corrected chi connectivity index (χ3v) is 17.8. The van der Waals surface area contributed by atoms with E-state index in [9.17, 15) is 0 Å². The number of benzene rings is 2. The van der Waals surface area contributed by atoms with Crippen LogP contribution in [0, 0.1) is 0 Å². The standard InChI is InChI=1S/C23H24BNO2.B59/c1-22(2)23(3,4)27-24(26-22)20-16-25-21(18-13-9-6-10-14-18)15-19(20)17-11-7-5-8-12-17;1-31-46(30)54(47(32(2)3)33(4)5)58(55(48(34(6)7)35(8)9)49(36(10)11)37(12)13)59(56(50(38(14)15)39(16)17)51(40(18)19)41(20)21)57(52(42(22)23)43(24)25)53(44(26)27)45(28)29/h5-16H,1-4H3;. The second-order valence-electron chi connectivity index (χ2n) is 24.3. The van der Waals surface area contributed by atoms with E-state index in [1.54, 1.807) is 0 Å². The van der Waals surface area contributed by atoms with Gasteiger partial charge in [0.1, 0.15) is 0 Å². The molecule has 3 nitrogen and oxygen atoms in total. The van der Waals surface area contributed by atoms with E-state index in [-0.39, 0.29) is 11.2 Å². The Balaban J connectivity index is 0.000000584. The highest BCUT2D eigenvalue weighted by atomic mass is 16.7. The van der Waals surface area contributed by atoms with E-state index in [0.717, 1.165) is 34.9 Å². The molecule has 0 saturated carbocycles. The number of hydrogen-bond donors (Lipinski definition) is 0. The van der Waals surface area contributed by atoms with Gasteiger partial charge < -0.3 is 9.31 Å². The average Bonchev–Trinajstić information content (AvgIpc) is 0.769. The molecule has 0 unspecified atom stereocenters. The molecule has 1 aromatic heterocycles. The molecule has 0 bridgehead atoms. The van der Waals surface area contributed by atoms with Crippen molar-refractivity contribution in [3.63, 3.8) is 0 Å². The number of nitrogens with zero attached hydrogens (tertiary/aromatic N) is 1. The first-order valence-corrected chi connectivity index (χ1v) is 28.7. The molecule has 2 aromatic carbocycles. The zero-order chi connectivity index (χ0) is 65.9. The molecule has 1 saturated heterocycles. The molecule has 63 heteroatoms. The summed E-state index contributed by atoms with van der Waals surface area (Å²) in [7, 11) is 198. The minimum Gasteiger partial charge on any atom is -0.399 e. The molecule has 1 aliphatic heterocycles. The minimum atomic E-state index is -1.47. The molecule has 2 heterocycles. The summed E-state index contributed by atoms with van der Waals surface area (Å²) in [6.45, 7) is 8.28. The molecule has 4 rings (SSSR count). The molecule has 0 spiro atoms. The Morgan fingerprint density at radius 2 is 0.570 bits per heavy atom. The Hall–Kier alpha value is 1.41. The van der Waals surface area contributed by atoms with Crippen molar-refractivity contribution in [2.75, 3.05) is 0 Å². The van der Waals surface area contributed by atoms with Crippen LogP contribution in [0.5, 0.6) is 0 Å². The van der Waals surface area contributed by atoms with Crippen molar-refractivity contribution in [3.05, 3.63) is 72.9 Å². The van der Waals surface area contributed by atoms with Crippen LogP contribution < -0.4 is 5.46 Å². The van der Waals surface area contributed by atoms with Gasteiger partial charge in [0.25, 0.3) is 0 Å². The van der Waals surface area contributed by atoms with Gasteiger partial charge in [-0.25, -0.2) is 0 Å². The average molecular weight is 995 g/mol. The van der Waals surface area contributed by atoms with E-state index in [2.05, 4.69) is 58.0 Å². The highest BCUT2D eigenvalue weighted by molar-refractivity contribution is 8.37. The van der Waals surface area contributed by atoms with Gasteiger partial charge in [-0.3, -0.25) is 4.98 Å². The predicted octanol–water partition coefficient (Wildman–Crippen LogP) is -17.8. The Bertz CT molecular complexity index is 2220. The number of rotatable bonds is 31. The van der Waals surface area contributed by atoms with Crippen molar-refractivity contribution >= 4 is 431 Å². The maximum absolute atomic E-state index is 7.01. The normalized spacial score (nSPS) is 12.3. The van der Waals surface area contributed by atoms with Gasteiger partial charge in [0.05, 0.1) is 16.9 Å². The van der Waals surface area contributed by atoms with Crippen LogP contribution in [0.4, 0.5) is 0 Å². The molecule has 86 heavy (non-hydrogen) atoms. The first kappa shape index (κ1) is 81.6. The molecule has 0 aliphatic carbocycles. The van der Waals surface area contributed by atoms with E-state index in [1.165, 1.54) is 0 Å². The van der Waals surface area contributed by atoms with Crippen LogP contribution in [0.1, 0.15) is 27.7 Å². The monoisotopic (exact) mass is 1010 g/mol. The van der Waals surface area contributed by atoms with Crippen molar-refractivity contribution in [1.82, 2.24) is 4.98 Å². The molecule has 0 atom stereocenters. The second-order valence-corrected chi connectivity index (χ2v) is 24.3. The SMILES string of the molecule is CC1(C)OB(c2cnc(-c3ccccc3)cc2-c2ccccc2)OC1(C)C.[B][B]B([B])B(B(B([B])[B])B([B])[B])B(B(B(B([B])[B])B([B])[B])B(B([B])[B])B([B])[B])B(B(B(B([B])[B])B([B])[B])B(B([B])[B])B([B])[B])B(B(B([B])[B])B([B])[B])B(B([B])[B])B([B])[B]. The highest BCUT2D eigenvalue weighted by Crippen LogP contribution is 2.38. The lowest BCUT2D eigenvalue weighted by molar-refractivity contribution is 0.00578. The largest absolute Gasteiger partial charge is 0.497 e. The summed E-state index contributed by atoms with van der Waals surface area (Å²) in [5.41, 5.74) is 4.43. The third-order valence-electron chi connectivity index (χ3n) is 17.8. The van der Waals surface area contributed by atoms with E-state index in [1.807, 2.05) is 42.6 Å². The van der Waals surface area contributed by atoms with E-state index in [4.69, 9.17) is 246 Å². The van der Waals surface area contributed by atoms with Crippen LogP contribution in [0.3, 0.4) is 0 Å². The molecule has 61 radical (unpaired) electrons. The van der Waals surface area contributed by atoms with Crippen LogP contribution in [0.25, 0.3) is 22.4 Å². The first-order valence-electron chi connectivity index (χ1n) is 28.7. The molecule has 1 fully saturated rings. The summed E-state index contributed by atoms with van der Waals surface area (Å²) in [6, 6.07) is 22.7. The fourth-order valence-corrected chi connectivity index (χ4v) is 13.4. The summed E-state index contributed by atoms with van der Waals surface area (Å²) in [5, 5.41) is 0. The van der Waals surface area contributed by atoms with Gasteiger partial charge >= 0.3 is 7.12 Å². The van der Waals surface area contributed by atoms with Gasteiger partial charge in [-0.05, 0) is 44.9 Å².